The Bertz CT molecular complexity index is 698. The van der Waals surface area contributed by atoms with Crippen LogP contribution in [0.15, 0.2) is 40.9 Å². The molecule has 0 atom stereocenters. The summed E-state index contributed by atoms with van der Waals surface area (Å²) in [6, 6.07) is 9.42. The number of hydrogen-bond donors (Lipinski definition) is 0. The number of ether oxygens (including phenoxy) is 2. The molecule has 2 aromatic rings. The van der Waals surface area contributed by atoms with Crippen LogP contribution in [0, 0.1) is 5.82 Å². The van der Waals surface area contributed by atoms with Crippen molar-refractivity contribution in [3.05, 3.63) is 57.8 Å². The van der Waals surface area contributed by atoms with Gasteiger partial charge < -0.3 is 9.47 Å². The lowest BCUT2D eigenvalue weighted by Gasteiger charge is -2.19. The summed E-state index contributed by atoms with van der Waals surface area (Å²) in [6.45, 7) is -1.84. The molecule has 0 amide bonds. The Labute approximate surface area is 147 Å². The minimum Gasteiger partial charge on any atom is -0.493 e. The Morgan fingerprint density at radius 1 is 1.08 bits per heavy atom. The minimum atomic E-state index is -2.91. The molecule has 130 valence electrons. The summed E-state index contributed by atoms with van der Waals surface area (Å²) in [5.74, 6) is -0.0541. The van der Waals surface area contributed by atoms with E-state index in [4.69, 9.17) is 4.74 Å². The van der Waals surface area contributed by atoms with Gasteiger partial charge in [0.05, 0.1) is 7.11 Å². The summed E-state index contributed by atoms with van der Waals surface area (Å²) in [7, 11) is 3.28. The number of hydrogen-bond acceptors (Lipinski definition) is 3. The molecule has 0 saturated heterocycles. The van der Waals surface area contributed by atoms with E-state index in [1.807, 2.05) is 11.9 Å². The molecule has 0 bridgehead atoms. The van der Waals surface area contributed by atoms with Gasteiger partial charge in [0.2, 0.25) is 0 Å². The molecular weight excluding hydrogens is 387 g/mol. The second-order valence-electron chi connectivity index (χ2n) is 5.27. The first-order valence-corrected chi connectivity index (χ1v) is 7.92. The van der Waals surface area contributed by atoms with Crippen LogP contribution in [-0.4, -0.2) is 25.7 Å². The molecule has 0 N–H and O–H groups in total. The van der Waals surface area contributed by atoms with Crippen LogP contribution >= 0.6 is 15.9 Å². The molecule has 3 nitrogen and oxygen atoms in total. The van der Waals surface area contributed by atoms with Crippen LogP contribution in [0.4, 0.5) is 13.2 Å². The van der Waals surface area contributed by atoms with Crippen LogP contribution in [0.3, 0.4) is 0 Å². The van der Waals surface area contributed by atoms with Crippen LogP contribution in [0.2, 0.25) is 0 Å². The highest BCUT2D eigenvalue weighted by Crippen LogP contribution is 2.30. The first kappa shape index (κ1) is 18.6. The molecule has 0 aliphatic rings. The van der Waals surface area contributed by atoms with Crippen LogP contribution < -0.4 is 9.47 Å². The maximum Gasteiger partial charge on any atom is 0.387 e. The number of nitrogens with zero attached hydrogens (tertiary/aromatic N) is 1. The molecule has 0 heterocycles. The maximum atomic E-state index is 13.1. The second kappa shape index (κ2) is 8.39. The molecule has 24 heavy (non-hydrogen) atoms. The van der Waals surface area contributed by atoms with Gasteiger partial charge in [-0.2, -0.15) is 8.78 Å². The monoisotopic (exact) mass is 403 g/mol. The van der Waals surface area contributed by atoms with E-state index >= 15 is 0 Å². The molecule has 0 unspecified atom stereocenters. The van der Waals surface area contributed by atoms with Gasteiger partial charge in [0.25, 0.3) is 0 Å². The SMILES string of the molecule is COc1ccc(CN(C)Cc2ccc(F)cc2Br)cc1OC(F)F. The molecule has 0 spiro atoms. The quantitative estimate of drug-likeness (QED) is 0.660. The number of methoxy groups -OCH3 is 1. The van der Waals surface area contributed by atoms with E-state index in [-0.39, 0.29) is 17.3 Å². The molecule has 0 aliphatic heterocycles. The zero-order valence-electron chi connectivity index (χ0n) is 13.2. The van der Waals surface area contributed by atoms with Crippen molar-refractivity contribution in [1.29, 1.82) is 0 Å². The molecule has 0 aromatic heterocycles. The summed E-state index contributed by atoms with van der Waals surface area (Å²) in [4.78, 5) is 1.98. The zero-order valence-corrected chi connectivity index (χ0v) is 14.8. The average molecular weight is 404 g/mol. The second-order valence-corrected chi connectivity index (χ2v) is 6.13. The fourth-order valence-electron chi connectivity index (χ4n) is 2.32. The lowest BCUT2D eigenvalue weighted by Crippen LogP contribution is -2.17. The Hall–Kier alpha value is -1.73. The Kier molecular flexibility index (Phi) is 6.51. The van der Waals surface area contributed by atoms with Gasteiger partial charge in [-0.05, 0) is 42.4 Å². The van der Waals surface area contributed by atoms with Crippen molar-refractivity contribution in [3.63, 3.8) is 0 Å². The molecule has 0 fully saturated rings. The maximum absolute atomic E-state index is 13.1. The predicted molar refractivity (Wildman–Crippen MR) is 88.9 cm³/mol. The van der Waals surface area contributed by atoms with Gasteiger partial charge in [-0.15, -0.1) is 0 Å². The molecule has 0 saturated carbocycles. The summed E-state index contributed by atoms with van der Waals surface area (Å²) < 4.78 is 48.2. The van der Waals surface area contributed by atoms with E-state index in [9.17, 15) is 13.2 Å². The fraction of sp³-hybridized carbons (Fsp3) is 0.294. The largest absolute Gasteiger partial charge is 0.493 e. The molecule has 0 aliphatic carbocycles. The van der Waals surface area contributed by atoms with E-state index in [2.05, 4.69) is 20.7 Å². The number of rotatable bonds is 7. The summed E-state index contributed by atoms with van der Waals surface area (Å²) in [5, 5.41) is 0. The van der Waals surface area contributed by atoms with Crippen LogP contribution in [0.25, 0.3) is 0 Å². The lowest BCUT2D eigenvalue weighted by atomic mass is 10.1. The van der Waals surface area contributed by atoms with Gasteiger partial charge in [0.1, 0.15) is 5.82 Å². The standard InChI is InChI=1S/C17H17BrF3NO2/c1-22(10-12-4-5-13(19)8-14(12)18)9-11-3-6-15(23-2)16(7-11)24-17(20)21/h3-8,17H,9-10H2,1-2H3. The smallest absolute Gasteiger partial charge is 0.387 e. The number of benzene rings is 2. The summed E-state index contributed by atoms with van der Waals surface area (Å²) >= 11 is 3.33. The van der Waals surface area contributed by atoms with Gasteiger partial charge in [-0.3, -0.25) is 4.90 Å². The van der Waals surface area contributed by atoms with Crippen molar-refractivity contribution in [2.75, 3.05) is 14.2 Å². The van der Waals surface area contributed by atoms with Gasteiger partial charge in [0, 0.05) is 17.6 Å². The Morgan fingerprint density at radius 3 is 2.46 bits per heavy atom. The average Bonchev–Trinajstić information content (AvgIpc) is 2.50. The van der Waals surface area contributed by atoms with Crippen molar-refractivity contribution >= 4 is 15.9 Å². The first-order valence-electron chi connectivity index (χ1n) is 7.13. The van der Waals surface area contributed by atoms with Crippen LogP contribution in [-0.2, 0) is 13.1 Å². The first-order chi connectivity index (χ1) is 11.4. The molecule has 2 rings (SSSR count). The molecule has 7 heteroatoms. The van der Waals surface area contributed by atoms with Crippen molar-refractivity contribution in [2.24, 2.45) is 0 Å². The van der Waals surface area contributed by atoms with E-state index < -0.39 is 6.61 Å². The van der Waals surface area contributed by atoms with E-state index in [1.54, 1.807) is 18.2 Å². The third-order valence-corrected chi connectivity index (χ3v) is 4.09. The van der Waals surface area contributed by atoms with Crippen molar-refractivity contribution in [2.45, 2.75) is 19.7 Å². The van der Waals surface area contributed by atoms with Crippen molar-refractivity contribution in [3.8, 4) is 11.5 Å². The Balaban J connectivity index is 2.09. The number of halogens is 4. The van der Waals surface area contributed by atoms with E-state index in [0.717, 1.165) is 11.1 Å². The normalized spacial score (nSPS) is 11.2. The molecule has 0 radical (unpaired) electrons. The highest BCUT2D eigenvalue weighted by Gasteiger charge is 2.13. The van der Waals surface area contributed by atoms with E-state index in [0.29, 0.717) is 17.6 Å². The molecular formula is C17H17BrF3NO2. The van der Waals surface area contributed by atoms with Gasteiger partial charge >= 0.3 is 6.61 Å². The predicted octanol–water partition coefficient (Wildman–Crippen LogP) is 4.83. The molecule has 2 aromatic carbocycles. The van der Waals surface area contributed by atoms with Gasteiger partial charge in [-0.1, -0.05) is 28.1 Å². The lowest BCUT2D eigenvalue weighted by molar-refractivity contribution is -0.0512. The van der Waals surface area contributed by atoms with Crippen molar-refractivity contribution < 1.29 is 22.6 Å². The highest BCUT2D eigenvalue weighted by atomic mass is 79.9. The van der Waals surface area contributed by atoms with Crippen molar-refractivity contribution in [1.82, 2.24) is 4.90 Å². The van der Waals surface area contributed by atoms with Gasteiger partial charge in [-0.25, -0.2) is 4.39 Å². The number of alkyl halides is 2. The zero-order chi connectivity index (χ0) is 17.7. The summed E-state index contributed by atoms with van der Waals surface area (Å²) in [6.07, 6.45) is 0. The van der Waals surface area contributed by atoms with Gasteiger partial charge in [0.15, 0.2) is 11.5 Å². The topological polar surface area (TPSA) is 21.7 Å². The third-order valence-electron chi connectivity index (χ3n) is 3.35. The van der Waals surface area contributed by atoms with Crippen LogP contribution in [0.1, 0.15) is 11.1 Å². The van der Waals surface area contributed by atoms with Crippen LogP contribution in [0.5, 0.6) is 11.5 Å². The fourth-order valence-corrected chi connectivity index (χ4v) is 2.79. The minimum absolute atomic E-state index is 0.00126. The highest BCUT2D eigenvalue weighted by molar-refractivity contribution is 9.10. The summed E-state index contributed by atoms with van der Waals surface area (Å²) in [5.41, 5.74) is 1.73. The third kappa shape index (κ3) is 5.14. The van der Waals surface area contributed by atoms with E-state index in [1.165, 1.54) is 25.3 Å². The Morgan fingerprint density at radius 2 is 1.83 bits per heavy atom.